The molecule has 3 aromatic rings. The molecule has 10 aliphatic rings. The molecule has 0 atom stereocenters. The van der Waals surface area contributed by atoms with Gasteiger partial charge in [-0.05, 0) is 103 Å². The number of thioether (sulfide) groups is 12. The fourth-order valence-electron chi connectivity index (χ4n) is 6.15. The fourth-order valence-corrected chi connectivity index (χ4v) is 45.7. The molecule has 0 aliphatic carbocycles. The number of benzene rings is 3. The molecule has 3 aromatic carbocycles. The summed E-state index contributed by atoms with van der Waals surface area (Å²) in [6.45, 7) is -7.52. The van der Waals surface area contributed by atoms with Gasteiger partial charge in [-0.15, -0.1) is 0 Å². The van der Waals surface area contributed by atoms with Crippen LogP contribution < -0.4 is 15.3 Å². The smallest absolute Gasteiger partial charge is 0.233 e. The average Bonchev–Trinajstić information content (AvgIpc) is 3.96. The largest absolute Gasteiger partial charge is 0.326 e. The maximum atomic E-state index is 5.80. The number of fused-ring (bicyclic) bond motifs is 6. The van der Waals surface area contributed by atoms with Crippen LogP contribution in [-0.2, 0) is 0 Å². The first-order chi connectivity index (χ1) is 26.4. The second-order valence-electron chi connectivity index (χ2n) is 11.8. The Hall–Kier alpha value is 1.44. The fraction of sp³-hybridized carbons (Fsp3) is 0. The first kappa shape index (κ1) is 36.1. The van der Waals surface area contributed by atoms with E-state index in [4.69, 9.17) is 13.5 Å². The molecule has 24 heteroatoms. The van der Waals surface area contributed by atoms with Gasteiger partial charge in [0.1, 0.15) is 0 Å². The van der Waals surface area contributed by atoms with Gasteiger partial charge in [-0.3, -0.25) is 0 Å². The highest BCUT2D eigenvalue weighted by atomic mass is 32.8. The van der Waals surface area contributed by atoms with Crippen LogP contribution in [0.3, 0.4) is 0 Å². The lowest BCUT2D eigenvalue weighted by molar-refractivity contribution is 1.21. The molecule has 10 heterocycles. The van der Waals surface area contributed by atoms with E-state index in [9.17, 15) is 0 Å². The van der Waals surface area contributed by atoms with E-state index in [1.54, 1.807) is 0 Å². The van der Waals surface area contributed by atoms with E-state index in [0.717, 1.165) is 17.1 Å². The van der Waals surface area contributed by atoms with Crippen LogP contribution in [0.1, 0.15) is 0 Å². The third-order valence-electron chi connectivity index (χ3n) is 8.27. The van der Waals surface area contributed by atoms with Crippen LogP contribution in [0.4, 0.5) is 17.1 Å². The van der Waals surface area contributed by atoms with Crippen molar-refractivity contribution < 1.29 is 0 Å². The van der Waals surface area contributed by atoms with E-state index in [1.807, 2.05) is 175 Å². The summed E-state index contributed by atoms with van der Waals surface area (Å²) in [5.41, 5.74) is 3.46. The molecule has 0 amide bonds. The summed E-state index contributed by atoms with van der Waals surface area (Å²) in [7, 11) is 0. The van der Waals surface area contributed by atoms with Crippen molar-refractivity contribution in [2.75, 3.05) is 15.3 Å². The minimum Gasteiger partial charge on any atom is -0.326 e. The van der Waals surface area contributed by atoms with Gasteiger partial charge in [0.25, 0.3) is 0 Å². The van der Waals surface area contributed by atoms with Crippen LogP contribution in [0.15, 0.2) is 152 Å². The summed E-state index contributed by atoms with van der Waals surface area (Å²) in [4.78, 5) is 11.7. The van der Waals surface area contributed by atoms with E-state index in [0.29, 0.717) is 0 Å². The Morgan fingerprint density at radius 2 is 0.574 bits per heavy atom. The molecular formula is C30H15N6P3S15. The molecule has 13 rings (SSSR count). The van der Waals surface area contributed by atoms with Gasteiger partial charge in [0.05, 0.1) is 42.5 Å². The zero-order chi connectivity index (χ0) is 35.2. The van der Waals surface area contributed by atoms with Crippen molar-refractivity contribution in [3.63, 3.8) is 0 Å². The van der Waals surface area contributed by atoms with E-state index in [2.05, 4.69) is 84.1 Å². The third kappa shape index (κ3) is 6.16. The Kier molecular flexibility index (Phi) is 9.18. The van der Waals surface area contributed by atoms with Crippen molar-refractivity contribution >= 4 is 212 Å². The van der Waals surface area contributed by atoms with Crippen LogP contribution in [0.5, 0.6) is 0 Å². The SMILES string of the molecule is C1=CSC(=C2Sc3cc4c(cc3S2)SP2(=NP3(=NP5(=N2)Nc2cc6c(cc2S5)SC(=C2SC=CS2)S6)Nc2cc5c(cc2S3)SC(=C2SC=CS2)S5)N4)S1. The normalized spacial score (nSPS) is 29.8. The highest BCUT2D eigenvalue weighted by molar-refractivity contribution is 8.69. The molecule has 0 unspecified atom stereocenters. The molecule has 0 bridgehead atoms. The van der Waals surface area contributed by atoms with Gasteiger partial charge in [-0.1, -0.05) is 141 Å². The Morgan fingerprint density at radius 1 is 0.315 bits per heavy atom. The molecule has 0 fully saturated rings. The molecule has 54 heavy (non-hydrogen) atoms. The number of hydrogen-bond donors (Lipinski definition) is 3. The second-order valence-corrected chi connectivity index (χ2v) is 39.3. The van der Waals surface area contributed by atoms with Crippen molar-refractivity contribution in [1.29, 1.82) is 0 Å². The standard InChI is InChI=1S/C30H15N6P3S15/c1-2-41-25(40-1)28-46-19-7-13-16(10-22(19)49-28)52-37(31-13)34-38(32-14-8-20-23(11-17(14)53-38)50-29(47-20)26-42-3-4-43-26)36-39(35-37)33-15-9-21-24(12-18(15)54-39)51-30(48-21)27-44-5-6-45-27/h1-12,31-33H. The third-order valence-corrected chi connectivity index (χ3v) is 42.4. The lowest BCUT2D eigenvalue weighted by Crippen LogP contribution is -1.96. The van der Waals surface area contributed by atoms with Crippen molar-refractivity contribution in [2.24, 2.45) is 13.5 Å². The Labute approximate surface area is 374 Å². The topological polar surface area (TPSA) is 73.2 Å². The van der Waals surface area contributed by atoms with E-state index >= 15 is 0 Å². The molecular weight excluding hydrogens is 1020 g/mol. The summed E-state index contributed by atoms with van der Waals surface area (Å²) in [5, 5.41) is 25.1. The molecule has 0 saturated heterocycles. The predicted molar refractivity (Wildman–Crippen MR) is 265 cm³/mol. The summed E-state index contributed by atoms with van der Waals surface area (Å²) < 4.78 is 25.7. The lowest BCUT2D eigenvalue weighted by Gasteiger charge is -2.29. The minimum absolute atomic E-state index is 1.15. The van der Waals surface area contributed by atoms with Crippen molar-refractivity contribution in [3.8, 4) is 0 Å². The Bertz CT molecular complexity index is 2290. The quantitative estimate of drug-likeness (QED) is 0.187. The summed E-state index contributed by atoms with van der Waals surface area (Å²) >= 11 is 27.9. The molecule has 270 valence electrons. The minimum atomic E-state index is -2.51. The zero-order valence-electron chi connectivity index (χ0n) is 26.2. The molecule has 0 aromatic heterocycles. The Balaban J connectivity index is 0.887. The highest BCUT2D eigenvalue weighted by Gasteiger charge is 2.48. The molecule has 6 nitrogen and oxygen atoms in total. The number of nitrogens with one attached hydrogen (secondary N) is 3. The molecule has 0 saturated carbocycles. The van der Waals surface area contributed by atoms with Gasteiger partial charge in [0.15, 0.2) is 0 Å². The number of anilines is 3. The van der Waals surface area contributed by atoms with Gasteiger partial charge in [-0.25, -0.2) is 0 Å². The van der Waals surface area contributed by atoms with Crippen molar-refractivity contribution in [2.45, 2.75) is 44.1 Å². The number of nitrogens with zero attached hydrogens (tertiary/aromatic N) is 3. The van der Waals surface area contributed by atoms with E-state index < -0.39 is 19.7 Å². The lowest BCUT2D eigenvalue weighted by atomic mass is 10.3. The molecule has 0 radical (unpaired) electrons. The van der Waals surface area contributed by atoms with Crippen LogP contribution in [0.25, 0.3) is 0 Å². The van der Waals surface area contributed by atoms with Crippen LogP contribution in [0, 0.1) is 0 Å². The highest BCUT2D eigenvalue weighted by Crippen LogP contribution is 2.93. The second kappa shape index (κ2) is 13.7. The summed E-state index contributed by atoms with van der Waals surface area (Å²) in [6.07, 6.45) is 0. The number of rotatable bonds is 0. The average molecular weight is 1030 g/mol. The van der Waals surface area contributed by atoms with Crippen LogP contribution in [-0.4, -0.2) is 0 Å². The Morgan fingerprint density at radius 3 is 0.852 bits per heavy atom. The van der Waals surface area contributed by atoms with Gasteiger partial charge in [0.2, 0.25) is 19.7 Å². The van der Waals surface area contributed by atoms with E-state index in [1.165, 1.54) is 69.5 Å². The van der Waals surface area contributed by atoms with E-state index in [-0.39, 0.29) is 0 Å². The van der Waals surface area contributed by atoms with Gasteiger partial charge >= 0.3 is 0 Å². The summed E-state index contributed by atoms with van der Waals surface area (Å²) in [6, 6.07) is 14.2. The maximum absolute atomic E-state index is 5.80. The molecule has 3 spiro atoms. The maximum Gasteiger partial charge on any atom is 0.233 e. The molecule has 3 N–H and O–H groups in total. The van der Waals surface area contributed by atoms with Crippen LogP contribution >= 0.6 is 195 Å². The zero-order valence-corrected chi connectivity index (χ0v) is 41.2. The first-order valence-corrected chi connectivity index (χ1v) is 35.1. The monoisotopic (exact) mass is 1030 g/mol. The van der Waals surface area contributed by atoms with Crippen LogP contribution in [0.2, 0.25) is 0 Å². The van der Waals surface area contributed by atoms with Crippen molar-refractivity contribution in [1.82, 2.24) is 0 Å². The summed E-state index contributed by atoms with van der Waals surface area (Å²) in [5.74, 6) is 0. The van der Waals surface area contributed by atoms with Gasteiger partial charge in [0, 0.05) is 44.1 Å². The predicted octanol–water partition coefficient (Wildman–Crippen LogP) is 19.3. The van der Waals surface area contributed by atoms with Crippen molar-refractivity contribution in [3.05, 3.63) is 94.3 Å². The van der Waals surface area contributed by atoms with Gasteiger partial charge in [-0.2, -0.15) is 13.5 Å². The van der Waals surface area contributed by atoms with Gasteiger partial charge < -0.3 is 15.3 Å². The number of hydrogen-bond acceptors (Lipinski definition) is 21. The first-order valence-electron chi connectivity index (χ1n) is 15.6. The molecule has 10 aliphatic heterocycles.